The first kappa shape index (κ1) is 16.5. The second-order valence-corrected chi connectivity index (χ2v) is 5.31. The summed E-state index contributed by atoms with van der Waals surface area (Å²) >= 11 is 5.90. The Labute approximate surface area is 124 Å². The molecule has 1 amide bonds. The third-order valence-corrected chi connectivity index (χ3v) is 3.23. The zero-order valence-corrected chi connectivity index (χ0v) is 12.3. The maximum atomic E-state index is 11.9. The number of carboxylic acids is 1. The number of nitrogens with one attached hydrogen (secondary N) is 1. The van der Waals surface area contributed by atoms with Crippen LogP contribution in [0.2, 0.25) is 5.02 Å². The third kappa shape index (κ3) is 6.57. The van der Waals surface area contributed by atoms with E-state index in [1.807, 2.05) is 25.1 Å². The lowest BCUT2D eigenvalue weighted by atomic mass is 10.0. The molecule has 0 radical (unpaired) electrons. The Morgan fingerprint density at radius 3 is 2.75 bits per heavy atom. The Balaban J connectivity index is 2.27. The molecule has 1 aromatic carbocycles. The number of carboxylic acid groups (broad SMARTS) is 1. The van der Waals surface area contributed by atoms with Crippen LogP contribution in [-0.2, 0) is 16.0 Å². The molecule has 2 N–H and O–H groups in total. The topological polar surface area (TPSA) is 66.4 Å². The molecule has 0 spiro atoms. The predicted octanol–water partition coefficient (Wildman–Crippen LogP) is 2.89. The summed E-state index contributed by atoms with van der Waals surface area (Å²) in [6.07, 6.45) is 2.05. The molecule has 0 heterocycles. The van der Waals surface area contributed by atoms with Crippen molar-refractivity contribution in [1.82, 2.24) is 5.32 Å². The zero-order chi connectivity index (χ0) is 15.0. The van der Waals surface area contributed by atoms with Gasteiger partial charge in [0.2, 0.25) is 5.91 Å². The van der Waals surface area contributed by atoms with Gasteiger partial charge in [-0.2, -0.15) is 0 Å². The van der Waals surface area contributed by atoms with Gasteiger partial charge in [-0.25, -0.2) is 0 Å². The summed E-state index contributed by atoms with van der Waals surface area (Å²) in [6.45, 7) is 2.39. The van der Waals surface area contributed by atoms with Gasteiger partial charge in [0.1, 0.15) is 0 Å². The molecule has 1 aromatic rings. The van der Waals surface area contributed by atoms with Gasteiger partial charge in [0.05, 0.1) is 0 Å². The van der Waals surface area contributed by atoms with Gasteiger partial charge in [-0.15, -0.1) is 0 Å². The van der Waals surface area contributed by atoms with Gasteiger partial charge >= 0.3 is 5.97 Å². The fourth-order valence-electron chi connectivity index (χ4n) is 1.90. The van der Waals surface area contributed by atoms with Crippen molar-refractivity contribution in [3.8, 4) is 0 Å². The Bertz CT molecular complexity index is 462. The molecule has 4 nitrogen and oxygen atoms in total. The van der Waals surface area contributed by atoms with E-state index in [1.165, 1.54) is 0 Å². The van der Waals surface area contributed by atoms with Gasteiger partial charge in [-0.3, -0.25) is 9.59 Å². The van der Waals surface area contributed by atoms with E-state index in [4.69, 9.17) is 16.7 Å². The van der Waals surface area contributed by atoms with Crippen molar-refractivity contribution < 1.29 is 14.7 Å². The predicted molar refractivity (Wildman–Crippen MR) is 78.8 cm³/mol. The highest BCUT2D eigenvalue weighted by Gasteiger charge is 2.13. The molecule has 0 aliphatic rings. The minimum Gasteiger partial charge on any atom is -0.481 e. The van der Waals surface area contributed by atoms with Crippen molar-refractivity contribution in [2.75, 3.05) is 6.54 Å². The SMILES string of the molecule is CC(Cc1cccc(Cl)c1)C(=O)NCCCCC(=O)O. The third-order valence-electron chi connectivity index (χ3n) is 3.00. The molecule has 1 rings (SSSR count). The second kappa shape index (κ2) is 8.59. The largest absolute Gasteiger partial charge is 0.481 e. The smallest absolute Gasteiger partial charge is 0.303 e. The van der Waals surface area contributed by atoms with E-state index in [0.29, 0.717) is 30.8 Å². The van der Waals surface area contributed by atoms with E-state index in [9.17, 15) is 9.59 Å². The fraction of sp³-hybridized carbons (Fsp3) is 0.467. The molecule has 1 unspecified atom stereocenters. The van der Waals surface area contributed by atoms with Crippen LogP contribution in [0, 0.1) is 5.92 Å². The number of unbranched alkanes of at least 4 members (excludes halogenated alkanes) is 1. The van der Waals surface area contributed by atoms with Crippen molar-refractivity contribution in [2.24, 2.45) is 5.92 Å². The maximum absolute atomic E-state index is 11.9. The van der Waals surface area contributed by atoms with Crippen LogP contribution in [0.3, 0.4) is 0 Å². The van der Waals surface area contributed by atoms with Crippen molar-refractivity contribution in [3.63, 3.8) is 0 Å². The molecule has 0 aliphatic heterocycles. The fourth-order valence-corrected chi connectivity index (χ4v) is 2.11. The molecular formula is C15H20ClNO3. The highest BCUT2D eigenvalue weighted by Crippen LogP contribution is 2.14. The van der Waals surface area contributed by atoms with Crippen molar-refractivity contribution in [2.45, 2.75) is 32.6 Å². The lowest BCUT2D eigenvalue weighted by Gasteiger charge is -2.12. The van der Waals surface area contributed by atoms with Gasteiger partial charge in [0.15, 0.2) is 0 Å². The van der Waals surface area contributed by atoms with E-state index < -0.39 is 5.97 Å². The van der Waals surface area contributed by atoms with Gasteiger partial charge < -0.3 is 10.4 Å². The highest BCUT2D eigenvalue weighted by atomic mass is 35.5. The van der Waals surface area contributed by atoms with Crippen LogP contribution < -0.4 is 5.32 Å². The molecule has 0 saturated heterocycles. The summed E-state index contributed by atoms with van der Waals surface area (Å²) in [5.74, 6) is -0.945. The number of hydrogen-bond donors (Lipinski definition) is 2. The van der Waals surface area contributed by atoms with E-state index in [2.05, 4.69) is 5.32 Å². The van der Waals surface area contributed by atoms with E-state index in [0.717, 1.165) is 5.56 Å². The van der Waals surface area contributed by atoms with Crippen molar-refractivity contribution in [3.05, 3.63) is 34.9 Å². The van der Waals surface area contributed by atoms with Crippen LogP contribution in [0.5, 0.6) is 0 Å². The maximum Gasteiger partial charge on any atom is 0.303 e. The van der Waals surface area contributed by atoms with Gasteiger partial charge in [0, 0.05) is 23.9 Å². The number of amides is 1. The number of aliphatic carboxylic acids is 1. The first-order valence-electron chi connectivity index (χ1n) is 6.73. The van der Waals surface area contributed by atoms with Crippen molar-refractivity contribution in [1.29, 1.82) is 0 Å². The Morgan fingerprint density at radius 1 is 1.35 bits per heavy atom. The molecule has 0 aliphatic carbocycles. The molecule has 1 atom stereocenters. The van der Waals surface area contributed by atoms with E-state index >= 15 is 0 Å². The summed E-state index contributed by atoms with van der Waals surface area (Å²) < 4.78 is 0. The molecule has 0 aromatic heterocycles. The lowest BCUT2D eigenvalue weighted by Crippen LogP contribution is -2.31. The average Bonchev–Trinajstić information content (AvgIpc) is 2.37. The number of benzene rings is 1. The summed E-state index contributed by atoms with van der Waals surface area (Å²) in [4.78, 5) is 22.2. The minimum atomic E-state index is -0.800. The van der Waals surface area contributed by atoms with Crippen LogP contribution in [0.25, 0.3) is 0 Å². The molecule has 20 heavy (non-hydrogen) atoms. The number of hydrogen-bond acceptors (Lipinski definition) is 2. The summed E-state index contributed by atoms with van der Waals surface area (Å²) in [5.41, 5.74) is 1.03. The van der Waals surface area contributed by atoms with E-state index in [1.54, 1.807) is 6.07 Å². The van der Waals surface area contributed by atoms with Crippen LogP contribution in [0.15, 0.2) is 24.3 Å². The minimum absolute atomic E-state index is 0.0136. The van der Waals surface area contributed by atoms with Crippen LogP contribution in [0.4, 0.5) is 0 Å². The number of halogens is 1. The number of rotatable bonds is 8. The van der Waals surface area contributed by atoms with Crippen LogP contribution in [0.1, 0.15) is 31.7 Å². The molecule has 0 saturated carbocycles. The molecule has 0 bridgehead atoms. The molecular weight excluding hydrogens is 278 g/mol. The first-order valence-corrected chi connectivity index (χ1v) is 7.11. The molecule has 5 heteroatoms. The number of carbonyl (C=O) groups excluding carboxylic acids is 1. The second-order valence-electron chi connectivity index (χ2n) is 4.88. The Kier molecular flexibility index (Phi) is 7.09. The lowest BCUT2D eigenvalue weighted by molar-refractivity contribution is -0.137. The first-order chi connectivity index (χ1) is 9.49. The summed E-state index contributed by atoms with van der Waals surface area (Å²) in [6, 6.07) is 7.48. The Hall–Kier alpha value is -1.55. The van der Waals surface area contributed by atoms with Gasteiger partial charge in [-0.05, 0) is 37.0 Å². The van der Waals surface area contributed by atoms with E-state index in [-0.39, 0.29) is 18.2 Å². The molecule has 110 valence electrons. The van der Waals surface area contributed by atoms with Gasteiger partial charge in [-0.1, -0.05) is 30.7 Å². The van der Waals surface area contributed by atoms with Crippen LogP contribution >= 0.6 is 11.6 Å². The summed E-state index contributed by atoms with van der Waals surface area (Å²) in [5, 5.41) is 12.0. The average molecular weight is 298 g/mol. The van der Waals surface area contributed by atoms with Gasteiger partial charge in [0.25, 0.3) is 0 Å². The highest BCUT2D eigenvalue weighted by molar-refractivity contribution is 6.30. The standard InChI is InChI=1S/C15H20ClNO3/c1-11(9-12-5-4-6-13(16)10-12)15(20)17-8-3-2-7-14(18)19/h4-6,10-11H,2-3,7-9H2,1H3,(H,17,20)(H,18,19). The normalized spacial score (nSPS) is 11.9. The quantitative estimate of drug-likeness (QED) is 0.725. The monoisotopic (exact) mass is 297 g/mol. The zero-order valence-electron chi connectivity index (χ0n) is 11.6. The molecule has 0 fully saturated rings. The number of carbonyl (C=O) groups is 2. The van der Waals surface area contributed by atoms with Crippen LogP contribution in [-0.4, -0.2) is 23.5 Å². The van der Waals surface area contributed by atoms with Crippen molar-refractivity contribution >= 4 is 23.5 Å². The summed E-state index contributed by atoms with van der Waals surface area (Å²) in [7, 11) is 0. The Morgan fingerprint density at radius 2 is 2.10 bits per heavy atom.